The molecule has 1 amide bonds. The number of nitrogens with zero attached hydrogens (tertiary/aromatic N) is 2. The number of methoxy groups -OCH3 is 1. The van der Waals surface area contributed by atoms with Crippen LogP contribution in [-0.2, 0) is 4.74 Å². The van der Waals surface area contributed by atoms with Crippen molar-refractivity contribution in [3.8, 4) is 0 Å². The van der Waals surface area contributed by atoms with Gasteiger partial charge in [-0.2, -0.15) is 0 Å². The molecule has 0 atom stereocenters. The van der Waals surface area contributed by atoms with Gasteiger partial charge >= 0.3 is 5.97 Å². The number of hydrogen-bond donors (Lipinski definition) is 2. The van der Waals surface area contributed by atoms with E-state index in [1.54, 1.807) is 49.5 Å². The zero-order valence-corrected chi connectivity index (χ0v) is 14.1. The number of nitrogens with one attached hydrogen (secondary N) is 2. The lowest BCUT2D eigenvalue weighted by Crippen LogP contribution is -2.12. The topological polar surface area (TPSA) is 106 Å². The van der Waals surface area contributed by atoms with Crippen LogP contribution >= 0.6 is 0 Å². The molecule has 0 aliphatic rings. The Labute approximate surface area is 149 Å². The molecule has 2 N–H and O–H groups in total. The van der Waals surface area contributed by atoms with Crippen LogP contribution in [0.2, 0.25) is 0 Å². The van der Waals surface area contributed by atoms with E-state index in [0.717, 1.165) is 0 Å². The molecule has 8 nitrogen and oxygen atoms in total. The fourth-order valence-electron chi connectivity index (χ4n) is 2.25. The second-order valence-corrected chi connectivity index (χ2v) is 5.44. The number of esters is 1. The summed E-state index contributed by atoms with van der Waals surface area (Å²) in [6.07, 6.45) is 3.01. The van der Waals surface area contributed by atoms with Gasteiger partial charge in [0.15, 0.2) is 5.82 Å². The van der Waals surface area contributed by atoms with Crippen molar-refractivity contribution in [3.63, 3.8) is 0 Å². The highest BCUT2D eigenvalue weighted by atomic mass is 16.5. The van der Waals surface area contributed by atoms with Crippen molar-refractivity contribution in [3.05, 3.63) is 65.7 Å². The average molecular weight is 352 g/mol. The number of pyridine rings is 1. The summed E-state index contributed by atoms with van der Waals surface area (Å²) in [5.41, 5.74) is 2.02. The first kappa shape index (κ1) is 17.2. The highest BCUT2D eigenvalue weighted by molar-refractivity contribution is 6.04. The van der Waals surface area contributed by atoms with Crippen molar-refractivity contribution in [1.82, 2.24) is 10.1 Å². The molecule has 0 bridgehead atoms. The number of amides is 1. The van der Waals surface area contributed by atoms with Crippen molar-refractivity contribution in [2.45, 2.75) is 6.92 Å². The number of carbonyl (C=O) groups excluding carboxylic acids is 2. The number of rotatable bonds is 5. The number of hydrogen-bond acceptors (Lipinski definition) is 7. The summed E-state index contributed by atoms with van der Waals surface area (Å²) in [6.45, 7) is 1.73. The number of aryl methyl sites for hydroxylation is 1. The standard InChI is InChI=1S/C18H16N4O4/c1-11-6-16(22-26-11)21-17(23)13-8-15(10-19-9-13)20-14-5-3-4-12(7-14)18(24)25-2/h3-10,20H,1-2H3,(H,21,22,23). The van der Waals surface area contributed by atoms with Gasteiger partial charge in [0.2, 0.25) is 0 Å². The lowest BCUT2D eigenvalue weighted by Gasteiger charge is -2.09. The third kappa shape index (κ3) is 4.04. The molecule has 8 heteroatoms. The minimum atomic E-state index is -0.428. The van der Waals surface area contributed by atoms with Crippen molar-refractivity contribution in [2.75, 3.05) is 17.7 Å². The zero-order valence-electron chi connectivity index (χ0n) is 14.1. The van der Waals surface area contributed by atoms with E-state index in [2.05, 4.69) is 20.8 Å². The first-order chi connectivity index (χ1) is 12.5. The summed E-state index contributed by atoms with van der Waals surface area (Å²) in [4.78, 5) is 28.0. The number of carbonyl (C=O) groups is 2. The third-order valence-electron chi connectivity index (χ3n) is 3.44. The average Bonchev–Trinajstić information content (AvgIpc) is 3.06. The first-order valence-electron chi connectivity index (χ1n) is 7.70. The Kier molecular flexibility index (Phi) is 4.93. The Hall–Kier alpha value is -3.68. The van der Waals surface area contributed by atoms with E-state index in [1.807, 2.05) is 0 Å². The predicted molar refractivity (Wildman–Crippen MR) is 94.5 cm³/mol. The molecule has 1 aromatic carbocycles. The van der Waals surface area contributed by atoms with E-state index >= 15 is 0 Å². The van der Waals surface area contributed by atoms with Crippen LogP contribution in [0.25, 0.3) is 0 Å². The monoisotopic (exact) mass is 352 g/mol. The molecule has 26 heavy (non-hydrogen) atoms. The molecular formula is C18H16N4O4. The second-order valence-electron chi connectivity index (χ2n) is 5.44. The Morgan fingerprint density at radius 2 is 1.88 bits per heavy atom. The SMILES string of the molecule is COC(=O)c1cccc(Nc2cncc(C(=O)Nc3cc(C)on3)c2)c1. The van der Waals surface area contributed by atoms with Crippen LogP contribution in [-0.4, -0.2) is 29.1 Å². The summed E-state index contributed by atoms with van der Waals surface area (Å²) < 4.78 is 9.62. The van der Waals surface area contributed by atoms with Crippen LogP contribution < -0.4 is 10.6 Å². The molecule has 0 unspecified atom stereocenters. The van der Waals surface area contributed by atoms with Crippen molar-refractivity contribution in [1.29, 1.82) is 0 Å². The lowest BCUT2D eigenvalue weighted by atomic mass is 10.2. The largest absolute Gasteiger partial charge is 0.465 e. The van der Waals surface area contributed by atoms with Gasteiger partial charge in [-0.25, -0.2) is 4.79 Å². The summed E-state index contributed by atoms with van der Waals surface area (Å²) >= 11 is 0. The number of aromatic nitrogens is 2. The molecule has 0 fully saturated rings. The molecule has 0 saturated heterocycles. The number of ether oxygens (including phenoxy) is 1. The smallest absolute Gasteiger partial charge is 0.337 e. The Morgan fingerprint density at radius 3 is 2.62 bits per heavy atom. The van der Waals surface area contributed by atoms with Gasteiger partial charge in [-0.1, -0.05) is 11.2 Å². The Morgan fingerprint density at radius 1 is 1.08 bits per heavy atom. The molecule has 132 valence electrons. The minimum absolute atomic E-state index is 0.330. The third-order valence-corrected chi connectivity index (χ3v) is 3.44. The molecule has 0 aliphatic carbocycles. The molecule has 2 aromatic heterocycles. The molecular weight excluding hydrogens is 336 g/mol. The van der Waals surface area contributed by atoms with E-state index in [-0.39, 0.29) is 5.91 Å². The summed E-state index contributed by atoms with van der Waals surface area (Å²) in [5, 5.41) is 9.45. The van der Waals surface area contributed by atoms with E-state index in [4.69, 9.17) is 9.26 Å². The number of benzene rings is 1. The van der Waals surface area contributed by atoms with E-state index in [0.29, 0.717) is 34.1 Å². The lowest BCUT2D eigenvalue weighted by molar-refractivity contribution is 0.0600. The highest BCUT2D eigenvalue weighted by Crippen LogP contribution is 2.19. The van der Waals surface area contributed by atoms with Gasteiger partial charge in [0.1, 0.15) is 5.76 Å². The fourth-order valence-corrected chi connectivity index (χ4v) is 2.25. The maximum absolute atomic E-state index is 12.3. The van der Waals surface area contributed by atoms with Gasteiger partial charge in [0.25, 0.3) is 5.91 Å². The van der Waals surface area contributed by atoms with Gasteiger partial charge in [-0.3, -0.25) is 9.78 Å². The zero-order chi connectivity index (χ0) is 18.5. The quantitative estimate of drug-likeness (QED) is 0.679. The van der Waals surface area contributed by atoms with Gasteiger partial charge in [0.05, 0.1) is 30.1 Å². The van der Waals surface area contributed by atoms with Crippen molar-refractivity contribution < 1.29 is 18.8 Å². The minimum Gasteiger partial charge on any atom is -0.465 e. The van der Waals surface area contributed by atoms with Gasteiger partial charge in [0, 0.05) is 18.0 Å². The predicted octanol–water partition coefficient (Wildman–Crippen LogP) is 3.16. The summed E-state index contributed by atoms with van der Waals surface area (Å²) in [7, 11) is 1.32. The molecule has 0 radical (unpaired) electrons. The Bertz CT molecular complexity index is 952. The van der Waals surface area contributed by atoms with Crippen molar-refractivity contribution in [2.24, 2.45) is 0 Å². The van der Waals surface area contributed by atoms with E-state index in [1.165, 1.54) is 13.3 Å². The molecule has 2 heterocycles. The van der Waals surface area contributed by atoms with Gasteiger partial charge in [-0.05, 0) is 31.2 Å². The van der Waals surface area contributed by atoms with Gasteiger partial charge in [-0.15, -0.1) is 0 Å². The second kappa shape index (κ2) is 7.47. The molecule has 0 spiro atoms. The summed E-state index contributed by atoms with van der Waals surface area (Å²) in [5.74, 6) is 0.136. The van der Waals surface area contributed by atoms with Crippen LogP contribution in [0.3, 0.4) is 0 Å². The summed E-state index contributed by atoms with van der Waals surface area (Å²) in [6, 6.07) is 10.1. The molecule has 3 aromatic rings. The molecule has 0 saturated carbocycles. The van der Waals surface area contributed by atoms with E-state index in [9.17, 15) is 9.59 Å². The van der Waals surface area contributed by atoms with Crippen LogP contribution in [0.4, 0.5) is 17.2 Å². The van der Waals surface area contributed by atoms with Crippen LogP contribution in [0.15, 0.2) is 53.3 Å². The molecule has 0 aliphatic heterocycles. The normalized spacial score (nSPS) is 10.2. The van der Waals surface area contributed by atoms with Gasteiger partial charge < -0.3 is 19.9 Å². The fraction of sp³-hybridized carbons (Fsp3) is 0.111. The Balaban J connectivity index is 1.75. The first-order valence-corrected chi connectivity index (χ1v) is 7.70. The maximum atomic E-state index is 12.3. The van der Waals surface area contributed by atoms with Crippen molar-refractivity contribution >= 4 is 29.1 Å². The van der Waals surface area contributed by atoms with Crippen LogP contribution in [0, 0.1) is 6.92 Å². The highest BCUT2D eigenvalue weighted by Gasteiger charge is 2.11. The maximum Gasteiger partial charge on any atom is 0.337 e. The molecule has 3 rings (SSSR count). The van der Waals surface area contributed by atoms with E-state index < -0.39 is 5.97 Å². The van der Waals surface area contributed by atoms with Crippen LogP contribution in [0.1, 0.15) is 26.5 Å². The number of anilines is 3. The van der Waals surface area contributed by atoms with Crippen LogP contribution in [0.5, 0.6) is 0 Å².